The Balaban J connectivity index is 1.57. The molecule has 6 nitrogen and oxygen atoms in total. The molecule has 2 aliphatic rings. The van der Waals surface area contributed by atoms with Crippen molar-refractivity contribution in [2.75, 3.05) is 18.5 Å². The van der Waals surface area contributed by atoms with Crippen LogP contribution < -0.4 is 10.2 Å². The van der Waals surface area contributed by atoms with E-state index in [1.165, 1.54) is 55.4 Å². The molecule has 34 heavy (non-hydrogen) atoms. The number of aromatic nitrogens is 3. The van der Waals surface area contributed by atoms with Gasteiger partial charge in [0.1, 0.15) is 10.8 Å². The Kier molecular flexibility index (Phi) is 4.57. The van der Waals surface area contributed by atoms with Gasteiger partial charge in [0.2, 0.25) is 5.91 Å². The van der Waals surface area contributed by atoms with Gasteiger partial charge in [-0.2, -0.15) is 18.3 Å². The van der Waals surface area contributed by atoms with Gasteiger partial charge in [0.25, 0.3) is 5.92 Å². The maximum Gasteiger partial charge on any atom is 0.401 e. The van der Waals surface area contributed by atoms with Gasteiger partial charge >= 0.3 is 6.18 Å². The summed E-state index contributed by atoms with van der Waals surface area (Å²) in [5.41, 5.74) is -3.32. The van der Waals surface area contributed by atoms with Gasteiger partial charge < -0.3 is 10.2 Å². The molecule has 180 valence electrons. The van der Waals surface area contributed by atoms with Crippen LogP contribution in [0.2, 0.25) is 5.15 Å². The first-order valence-electron chi connectivity index (χ1n) is 10.4. The molecule has 3 unspecified atom stereocenters. The fourth-order valence-electron chi connectivity index (χ4n) is 5.00. The van der Waals surface area contributed by atoms with Crippen LogP contribution in [0.4, 0.5) is 33.3 Å². The molecular weight excluding hydrogens is 481 g/mol. The number of alkyl halides is 5. The minimum absolute atomic E-state index is 0.0118. The van der Waals surface area contributed by atoms with E-state index in [1.54, 1.807) is 0 Å². The van der Waals surface area contributed by atoms with Gasteiger partial charge in [-0.25, -0.2) is 18.3 Å². The van der Waals surface area contributed by atoms with Crippen LogP contribution in [-0.4, -0.2) is 46.2 Å². The zero-order valence-corrected chi connectivity index (χ0v) is 19.0. The average Bonchev–Trinajstić information content (AvgIpc) is 3.05. The number of halogens is 6. The van der Waals surface area contributed by atoms with Crippen LogP contribution in [0.25, 0.3) is 5.65 Å². The third kappa shape index (κ3) is 2.76. The lowest BCUT2D eigenvalue weighted by atomic mass is 9.87. The molecule has 1 amide bonds. The van der Waals surface area contributed by atoms with Gasteiger partial charge in [-0.3, -0.25) is 4.79 Å². The average molecular weight is 500 g/mol. The second kappa shape index (κ2) is 6.80. The van der Waals surface area contributed by atoms with Crippen LogP contribution >= 0.6 is 11.6 Å². The Morgan fingerprint density at radius 3 is 2.44 bits per heavy atom. The first-order valence-corrected chi connectivity index (χ1v) is 10.7. The largest absolute Gasteiger partial charge is 0.401 e. The van der Waals surface area contributed by atoms with Crippen LogP contribution in [0.3, 0.4) is 0 Å². The lowest BCUT2D eigenvalue weighted by molar-refractivity contribution is -0.181. The molecule has 12 heteroatoms. The van der Waals surface area contributed by atoms with Crippen molar-refractivity contribution in [2.45, 2.75) is 37.3 Å². The van der Waals surface area contributed by atoms with Crippen molar-refractivity contribution >= 4 is 34.5 Å². The number of carbonyl (C=O) groups excluding carboxylic acids is 1. The molecule has 1 aliphatic heterocycles. The van der Waals surface area contributed by atoms with Crippen molar-refractivity contribution in [3.63, 3.8) is 0 Å². The minimum atomic E-state index is -4.62. The molecule has 2 aromatic heterocycles. The van der Waals surface area contributed by atoms with Gasteiger partial charge in [0.15, 0.2) is 10.8 Å². The summed E-state index contributed by atoms with van der Waals surface area (Å²) in [6, 6.07) is 7.15. The normalized spacial score (nSPS) is 27.7. The Labute approximate surface area is 195 Å². The first kappa shape index (κ1) is 22.8. The number of fused-ring (bicyclic) bond motifs is 3. The quantitative estimate of drug-likeness (QED) is 0.524. The van der Waals surface area contributed by atoms with Crippen molar-refractivity contribution in [3.05, 3.63) is 52.9 Å². The third-order valence-corrected chi connectivity index (χ3v) is 7.32. The summed E-state index contributed by atoms with van der Waals surface area (Å²) in [5.74, 6) is -5.33. The fourth-order valence-corrected chi connectivity index (χ4v) is 5.18. The number of anilines is 2. The molecule has 5 rings (SSSR count). The summed E-state index contributed by atoms with van der Waals surface area (Å²) in [6.45, 7) is 1.82. The highest BCUT2D eigenvalue weighted by Gasteiger charge is 2.82. The molecule has 0 spiro atoms. The van der Waals surface area contributed by atoms with Crippen molar-refractivity contribution < 1.29 is 26.7 Å². The standard InChI is InChI=1S/C22H19ClF5N5O/c1-19(22(26,27)28)10-32(13-9-30-15-8-14(23)31-33(15)17(13)19)12-6-4-11(5-7-12)16-20(2,18(34)29-3)21(16,24)25/h4-9,16H,10H2,1-3H3,(H,29,34). The van der Waals surface area contributed by atoms with Crippen LogP contribution in [-0.2, 0) is 10.2 Å². The number of amides is 1. The van der Waals surface area contributed by atoms with E-state index in [0.29, 0.717) is 5.69 Å². The monoisotopic (exact) mass is 499 g/mol. The molecular formula is C22H19ClF5N5O. The van der Waals surface area contributed by atoms with Crippen molar-refractivity contribution in [1.82, 2.24) is 19.9 Å². The maximum absolute atomic E-state index is 14.5. The maximum atomic E-state index is 14.5. The van der Waals surface area contributed by atoms with E-state index in [1.807, 2.05) is 0 Å². The molecule has 1 aliphatic carbocycles. The SMILES string of the molecule is CNC(=O)C1(C)C(c2ccc(N3CC(C)(C(F)(F)F)c4c3cnc3cc(Cl)nn43)cc2)C1(F)F. The summed E-state index contributed by atoms with van der Waals surface area (Å²) >= 11 is 5.92. The van der Waals surface area contributed by atoms with Gasteiger partial charge in [-0.05, 0) is 31.5 Å². The van der Waals surface area contributed by atoms with Crippen molar-refractivity contribution in [1.29, 1.82) is 0 Å². The molecule has 1 N–H and O–H groups in total. The lowest BCUT2D eigenvalue weighted by Gasteiger charge is -2.28. The highest BCUT2D eigenvalue weighted by molar-refractivity contribution is 6.29. The highest BCUT2D eigenvalue weighted by atomic mass is 35.5. The van der Waals surface area contributed by atoms with E-state index in [0.717, 1.165) is 11.4 Å². The summed E-state index contributed by atoms with van der Waals surface area (Å²) in [4.78, 5) is 17.7. The number of nitrogens with one attached hydrogen (secondary N) is 1. The molecule has 3 heterocycles. The van der Waals surface area contributed by atoms with E-state index in [2.05, 4.69) is 15.4 Å². The topological polar surface area (TPSA) is 62.5 Å². The van der Waals surface area contributed by atoms with Crippen molar-refractivity contribution in [2.24, 2.45) is 5.41 Å². The predicted molar refractivity (Wildman–Crippen MR) is 115 cm³/mol. The second-order valence-corrected chi connectivity index (χ2v) is 9.46. The van der Waals surface area contributed by atoms with Crippen LogP contribution in [0.5, 0.6) is 0 Å². The van der Waals surface area contributed by atoms with E-state index >= 15 is 0 Å². The van der Waals surface area contributed by atoms with E-state index in [9.17, 15) is 26.7 Å². The molecule has 3 aromatic rings. The highest BCUT2D eigenvalue weighted by Crippen LogP contribution is 2.71. The molecule has 0 radical (unpaired) electrons. The number of nitrogens with zero attached hydrogens (tertiary/aromatic N) is 4. The molecule has 0 saturated heterocycles. The van der Waals surface area contributed by atoms with E-state index in [-0.39, 0.29) is 27.7 Å². The van der Waals surface area contributed by atoms with Crippen LogP contribution in [0.1, 0.15) is 31.0 Å². The Morgan fingerprint density at radius 2 is 1.85 bits per heavy atom. The van der Waals surface area contributed by atoms with Crippen molar-refractivity contribution in [3.8, 4) is 0 Å². The predicted octanol–water partition coefficient (Wildman–Crippen LogP) is 4.84. The van der Waals surface area contributed by atoms with E-state index < -0.39 is 41.3 Å². The summed E-state index contributed by atoms with van der Waals surface area (Å²) in [7, 11) is 1.29. The lowest BCUT2D eigenvalue weighted by Crippen LogP contribution is -2.43. The Hall–Kier alpha value is -2.95. The first-order chi connectivity index (χ1) is 15.8. The minimum Gasteiger partial charge on any atom is -0.358 e. The fraction of sp³-hybridized carbons (Fsp3) is 0.409. The second-order valence-electron chi connectivity index (χ2n) is 9.07. The number of carbonyl (C=O) groups is 1. The molecule has 3 atom stereocenters. The summed E-state index contributed by atoms with van der Waals surface area (Å²) in [6.07, 6.45) is -3.29. The number of hydrogen-bond donors (Lipinski definition) is 1. The smallest absolute Gasteiger partial charge is 0.358 e. The van der Waals surface area contributed by atoms with Gasteiger partial charge in [0, 0.05) is 25.3 Å². The number of benzene rings is 1. The van der Waals surface area contributed by atoms with Crippen LogP contribution in [0.15, 0.2) is 36.5 Å². The van der Waals surface area contributed by atoms with E-state index in [4.69, 9.17) is 11.6 Å². The van der Waals surface area contributed by atoms with Gasteiger partial charge in [-0.1, -0.05) is 23.7 Å². The molecule has 1 saturated carbocycles. The van der Waals surface area contributed by atoms with Gasteiger partial charge in [-0.15, -0.1) is 0 Å². The van der Waals surface area contributed by atoms with Gasteiger partial charge in [0.05, 0.1) is 23.5 Å². The zero-order valence-electron chi connectivity index (χ0n) is 18.2. The Bertz CT molecular complexity index is 1320. The summed E-state index contributed by atoms with van der Waals surface area (Å²) < 4.78 is 72.9. The summed E-state index contributed by atoms with van der Waals surface area (Å²) in [5, 5.41) is 6.28. The zero-order chi connectivity index (χ0) is 24.8. The number of rotatable bonds is 3. The van der Waals surface area contributed by atoms with Crippen LogP contribution in [0, 0.1) is 5.41 Å². The molecule has 1 aromatic carbocycles. The Morgan fingerprint density at radius 1 is 1.21 bits per heavy atom. The number of hydrogen-bond acceptors (Lipinski definition) is 4. The molecule has 0 bridgehead atoms. The molecule has 1 fully saturated rings. The third-order valence-electron chi connectivity index (χ3n) is 7.13.